The lowest BCUT2D eigenvalue weighted by Crippen LogP contribution is -2.17. The number of aromatic nitrogens is 4. The summed E-state index contributed by atoms with van der Waals surface area (Å²) in [6.45, 7) is 5.76. The first-order valence-electron chi connectivity index (χ1n) is 10.3. The molecule has 0 bridgehead atoms. The molecule has 13 heteroatoms. The molecule has 4 rings (SSSR count). The van der Waals surface area contributed by atoms with Crippen molar-refractivity contribution in [3.05, 3.63) is 60.4 Å². The molecule has 1 aromatic carbocycles. The van der Waals surface area contributed by atoms with Crippen molar-refractivity contribution in [3.63, 3.8) is 0 Å². The van der Waals surface area contributed by atoms with E-state index in [1.807, 2.05) is 39.0 Å². The van der Waals surface area contributed by atoms with E-state index in [9.17, 15) is 13.2 Å². The number of sulfonamides is 1. The second-order valence-corrected chi connectivity index (χ2v) is 10.8. The standard InChI is InChI=1S/C22H22N6O5S2/c1-22(2,3)20-26-21(34-27-20)28-35(30,31)16-10-14(11-23-19(16)32-4)24-17(29)15-12-33-18(25-15)13-8-6-5-7-9-13/h5-12H,1-4H3,(H,24,29)(H,26,27,28). The number of carbonyl (C=O) groups is 1. The Balaban J connectivity index is 1.56. The summed E-state index contributed by atoms with van der Waals surface area (Å²) in [5, 5.41) is 2.68. The zero-order chi connectivity index (χ0) is 25.2. The summed E-state index contributed by atoms with van der Waals surface area (Å²) in [4.78, 5) is 24.9. The molecule has 0 spiro atoms. The van der Waals surface area contributed by atoms with Crippen molar-refractivity contribution in [2.75, 3.05) is 17.1 Å². The number of nitrogens with one attached hydrogen (secondary N) is 2. The number of benzene rings is 1. The fourth-order valence-corrected chi connectivity index (χ4v) is 5.00. The summed E-state index contributed by atoms with van der Waals surface area (Å²) >= 11 is 0.923. The zero-order valence-corrected chi connectivity index (χ0v) is 20.9. The number of oxazole rings is 1. The second-order valence-electron chi connectivity index (χ2n) is 8.37. The van der Waals surface area contributed by atoms with E-state index in [0.29, 0.717) is 11.4 Å². The van der Waals surface area contributed by atoms with Gasteiger partial charge in [0.15, 0.2) is 10.6 Å². The van der Waals surface area contributed by atoms with Gasteiger partial charge in [-0.05, 0) is 18.2 Å². The first-order chi connectivity index (χ1) is 16.6. The molecule has 0 aliphatic heterocycles. The van der Waals surface area contributed by atoms with E-state index in [4.69, 9.17) is 9.15 Å². The van der Waals surface area contributed by atoms with Crippen LogP contribution in [0.1, 0.15) is 37.1 Å². The highest BCUT2D eigenvalue weighted by molar-refractivity contribution is 7.93. The highest BCUT2D eigenvalue weighted by Crippen LogP contribution is 2.29. The van der Waals surface area contributed by atoms with Crippen LogP contribution in [-0.2, 0) is 15.4 Å². The Labute approximate surface area is 205 Å². The van der Waals surface area contributed by atoms with Crippen LogP contribution in [0.4, 0.5) is 10.8 Å². The quantitative estimate of drug-likeness (QED) is 0.374. The number of pyridine rings is 1. The number of carbonyl (C=O) groups excluding carboxylic acids is 1. The SMILES string of the molecule is COc1ncc(NC(=O)c2coc(-c3ccccc3)n2)cc1S(=O)(=O)Nc1nc(C(C)(C)C)ns1. The molecule has 0 saturated carbocycles. The third kappa shape index (κ3) is 5.46. The maximum Gasteiger partial charge on any atom is 0.277 e. The van der Waals surface area contributed by atoms with Gasteiger partial charge in [-0.15, -0.1) is 0 Å². The monoisotopic (exact) mass is 514 g/mol. The molecule has 2 N–H and O–H groups in total. The van der Waals surface area contributed by atoms with E-state index >= 15 is 0 Å². The number of anilines is 2. The van der Waals surface area contributed by atoms with Crippen molar-refractivity contribution >= 4 is 38.3 Å². The summed E-state index contributed by atoms with van der Waals surface area (Å²) in [5.74, 6) is 0.0403. The Morgan fingerprint density at radius 3 is 2.54 bits per heavy atom. The fraction of sp³-hybridized carbons (Fsp3) is 0.227. The Morgan fingerprint density at radius 2 is 1.89 bits per heavy atom. The number of hydrogen-bond donors (Lipinski definition) is 2. The number of nitrogens with zero attached hydrogens (tertiary/aromatic N) is 4. The average Bonchev–Trinajstić information content (AvgIpc) is 3.49. The minimum atomic E-state index is -4.16. The molecule has 0 atom stereocenters. The Hall–Kier alpha value is -3.84. The Morgan fingerprint density at radius 1 is 1.14 bits per heavy atom. The maximum absolute atomic E-state index is 13.1. The summed E-state index contributed by atoms with van der Waals surface area (Å²) < 4.78 is 43.3. The van der Waals surface area contributed by atoms with Crippen LogP contribution in [-0.4, -0.2) is 40.8 Å². The van der Waals surface area contributed by atoms with Gasteiger partial charge in [0.25, 0.3) is 15.9 Å². The minimum Gasteiger partial charge on any atom is -0.480 e. The van der Waals surface area contributed by atoms with Crippen LogP contribution in [0.5, 0.6) is 5.88 Å². The first-order valence-corrected chi connectivity index (χ1v) is 12.6. The molecule has 3 heterocycles. The van der Waals surface area contributed by atoms with Crippen LogP contribution >= 0.6 is 11.5 Å². The van der Waals surface area contributed by atoms with Crippen LogP contribution in [0.25, 0.3) is 11.5 Å². The van der Waals surface area contributed by atoms with Crippen molar-refractivity contribution in [1.29, 1.82) is 0 Å². The largest absolute Gasteiger partial charge is 0.480 e. The molecule has 11 nitrogen and oxygen atoms in total. The topological polar surface area (TPSA) is 149 Å². The molecule has 182 valence electrons. The van der Waals surface area contributed by atoms with Crippen molar-refractivity contribution in [2.45, 2.75) is 31.1 Å². The zero-order valence-electron chi connectivity index (χ0n) is 19.3. The minimum absolute atomic E-state index is 0.0192. The molecule has 0 unspecified atom stereocenters. The highest BCUT2D eigenvalue weighted by atomic mass is 32.2. The predicted octanol–water partition coefficient (Wildman–Crippen LogP) is 3.95. The lowest BCUT2D eigenvalue weighted by molar-refractivity contribution is 0.102. The lowest BCUT2D eigenvalue weighted by atomic mass is 9.96. The van der Waals surface area contributed by atoms with Crippen molar-refractivity contribution in [1.82, 2.24) is 19.3 Å². The van der Waals surface area contributed by atoms with Crippen molar-refractivity contribution in [3.8, 4) is 17.3 Å². The van der Waals surface area contributed by atoms with Gasteiger partial charge in [-0.2, -0.15) is 4.37 Å². The van der Waals surface area contributed by atoms with Gasteiger partial charge in [-0.1, -0.05) is 39.0 Å². The predicted molar refractivity (Wildman–Crippen MR) is 130 cm³/mol. The van der Waals surface area contributed by atoms with Gasteiger partial charge in [0.1, 0.15) is 12.1 Å². The third-order valence-electron chi connectivity index (χ3n) is 4.64. The fourth-order valence-electron chi connectivity index (χ4n) is 2.87. The average molecular weight is 515 g/mol. The molecule has 3 aromatic heterocycles. The Kier molecular flexibility index (Phi) is 6.54. The van der Waals surface area contributed by atoms with Gasteiger partial charge < -0.3 is 14.5 Å². The lowest BCUT2D eigenvalue weighted by Gasteiger charge is -2.13. The van der Waals surface area contributed by atoms with Crippen LogP contribution in [0.3, 0.4) is 0 Å². The maximum atomic E-state index is 13.1. The van der Waals surface area contributed by atoms with E-state index in [0.717, 1.165) is 11.5 Å². The molecule has 1 amide bonds. The van der Waals surface area contributed by atoms with Crippen LogP contribution in [0, 0.1) is 0 Å². The molecule has 35 heavy (non-hydrogen) atoms. The van der Waals surface area contributed by atoms with Crippen LogP contribution < -0.4 is 14.8 Å². The summed E-state index contributed by atoms with van der Waals surface area (Å²) in [6, 6.07) is 10.3. The second kappa shape index (κ2) is 9.43. The summed E-state index contributed by atoms with van der Waals surface area (Å²) in [5.41, 5.74) is 0.507. The Bertz CT molecular complexity index is 1460. The van der Waals surface area contributed by atoms with Gasteiger partial charge in [0, 0.05) is 22.5 Å². The molecule has 0 aliphatic rings. The number of methoxy groups -OCH3 is 1. The van der Waals surface area contributed by atoms with Gasteiger partial charge >= 0.3 is 0 Å². The van der Waals surface area contributed by atoms with Gasteiger partial charge in [0.2, 0.25) is 16.9 Å². The normalized spacial score (nSPS) is 11.8. The van der Waals surface area contributed by atoms with E-state index < -0.39 is 15.9 Å². The highest BCUT2D eigenvalue weighted by Gasteiger charge is 2.26. The van der Waals surface area contributed by atoms with Crippen molar-refractivity contribution in [2.24, 2.45) is 0 Å². The van der Waals surface area contributed by atoms with E-state index in [2.05, 4.69) is 29.4 Å². The van der Waals surface area contributed by atoms with Crippen molar-refractivity contribution < 1.29 is 22.4 Å². The molecular formula is C22H22N6O5S2. The van der Waals surface area contributed by atoms with Gasteiger partial charge in [-0.25, -0.2) is 23.4 Å². The first kappa shape index (κ1) is 24.3. The van der Waals surface area contributed by atoms with Gasteiger partial charge in [-0.3, -0.25) is 9.52 Å². The molecular weight excluding hydrogens is 492 g/mol. The number of rotatable bonds is 7. The number of amides is 1. The smallest absolute Gasteiger partial charge is 0.277 e. The van der Waals surface area contributed by atoms with Crippen LogP contribution in [0.2, 0.25) is 0 Å². The van der Waals surface area contributed by atoms with E-state index in [1.165, 1.54) is 25.6 Å². The van der Waals surface area contributed by atoms with Gasteiger partial charge in [0.05, 0.1) is 19.0 Å². The summed E-state index contributed by atoms with van der Waals surface area (Å²) in [7, 11) is -2.86. The molecule has 0 saturated heterocycles. The molecule has 0 aliphatic carbocycles. The number of hydrogen-bond acceptors (Lipinski definition) is 10. The van der Waals surface area contributed by atoms with Crippen LogP contribution in [0.15, 0.2) is 58.2 Å². The van der Waals surface area contributed by atoms with E-state index in [1.54, 1.807) is 12.1 Å². The number of ether oxygens (including phenoxy) is 1. The molecule has 4 aromatic rings. The molecule has 0 radical (unpaired) electrons. The summed E-state index contributed by atoms with van der Waals surface area (Å²) in [6.07, 6.45) is 2.49. The molecule has 0 fully saturated rings. The van der Waals surface area contributed by atoms with E-state index in [-0.39, 0.29) is 38.6 Å². The third-order valence-corrected chi connectivity index (χ3v) is 6.73.